The Kier molecular flexibility index (Phi) is 4.72. The van der Waals surface area contributed by atoms with Crippen molar-refractivity contribution in [2.45, 2.75) is 12.5 Å². The fraction of sp³-hybridized carbons (Fsp3) is 0.167. The van der Waals surface area contributed by atoms with Crippen LogP contribution >= 0.6 is 11.3 Å². The smallest absolute Gasteiger partial charge is 0.319 e. The largest absolute Gasteiger partial charge is 0.325 e. The Labute approximate surface area is 173 Å². The first-order chi connectivity index (χ1) is 14.4. The molecule has 2 aromatic heterocycles. The van der Waals surface area contributed by atoms with Crippen molar-refractivity contribution in [1.82, 2.24) is 30.4 Å². The molecule has 0 aliphatic carbocycles. The number of hydrogen-bond acceptors (Lipinski definition) is 8. The van der Waals surface area contributed by atoms with Crippen LogP contribution in [0.3, 0.4) is 0 Å². The van der Waals surface area contributed by atoms with Crippen molar-refractivity contribution in [2.24, 2.45) is 0 Å². The average molecular weight is 422 g/mol. The second-order valence-corrected chi connectivity index (χ2v) is 7.49. The zero-order valence-corrected chi connectivity index (χ0v) is 16.4. The number of nitriles is 1. The second-order valence-electron chi connectivity index (χ2n) is 6.57. The highest BCUT2D eigenvalue weighted by Gasteiger charge is 2.49. The molecule has 4 rings (SSSR count). The fourth-order valence-electron chi connectivity index (χ4n) is 3.08. The Hall–Kier alpha value is -4.11. The normalized spacial score (nSPS) is 18.2. The van der Waals surface area contributed by atoms with Crippen LogP contribution in [0.25, 0.3) is 5.69 Å². The molecule has 1 aliphatic rings. The maximum atomic E-state index is 13.1. The van der Waals surface area contributed by atoms with Crippen LogP contribution in [0.2, 0.25) is 0 Å². The second kappa shape index (κ2) is 7.37. The molecule has 0 spiro atoms. The molecule has 30 heavy (non-hydrogen) atoms. The van der Waals surface area contributed by atoms with Gasteiger partial charge >= 0.3 is 6.03 Å². The number of urea groups is 1. The summed E-state index contributed by atoms with van der Waals surface area (Å²) in [5.74, 6) is -1.15. The molecule has 1 saturated heterocycles. The van der Waals surface area contributed by atoms with E-state index in [0.29, 0.717) is 21.8 Å². The van der Waals surface area contributed by atoms with Gasteiger partial charge < -0.3 is 10.6 Å². The van der Waals surface area contributed by atoms with Gasteiger partial charge in [-0.2, -0.15) is 5.26 Å². The first kappa shape index (κ1) is 19.2. The third-order valence-electron chi connectivity index (χ3n) is 4.65. The van der Waals surface area contributed by atoms with Crippen LogP contribution in [0.4, 0.5) is 9.80 Å². The number of imide groups is 1. The SMILES string of the molecule is C[C@]1(c2cccc(-n3cnnn3)c2)NC(=O)N(CC(=O)Nc2sccc2C#N)C1=O. The van der Waals surface area contributed by atoms with Gasteiger partial charge in [-0.25, -0.2) is 9.48 Å². The standard InChI is InChI=1S/C18H14N8O3S/c1-18(12-3-2-4-13(7-12)26-10-20-23-24-26)16(28)25(17(29)22-18)9-14(27)21-15-11(8-19)5-6-30-15/h2-7,10H,9H2,1H3,(H,21,27)(H,22,29)/t18-/m1/s1. The lowest BCUT2D eigenvalue weighted by atomic mass is 9.91. The molecule has 1 fully saturated rings. The van der Waals surface area contributed by atoms with E-state index in [4.69, 9.17) is 5.26 Å². The van der Waals surface area contributed by atoms with Crippen molar-refractivity contribution in [3.05, 3.63) is 53.2 Å². The molecule has 4 amide bonds. The van der Waals surface area contributed by atoms with E-state index >= 15 is 0 Å². The van der Waals surface area contributed by atoms with Crippen LogP contribution in [0.5, 0.6) is 0 Å². The van der Waals surface area contributed by atoms with Crippen molar-refractivity contribution in [2.75, 3.05) is 11.9 Å². The molecule has 11 nitrogen and oxygen atoms in total. The van der Waals surface area contributed by atoms with E-state index in [2.05, 4.69) is 26.2 Å². The van der Waals surface area contributed by atoms with Gasteiger partial charge in [0.25, 0.3) is 5.91 Å². The Morgan fingerprint density at radius 3 is 2.93 bits per heavy atom. The van der Waals surface area contributed by atoms with Gasteiger partial charge in [-0.1, -0.05) is 12.1 Å². The van der Waals surface area contributed by atoms with Crippen LogP contribution in [0.15, 0.2) is 42.0 Å². The highest BCUT2D eigenvalue weighted by Crippen LogP contribution is 2.30. The molecule has 1 atom stereocenters. The summed E-state index contributed by atoms with van der Waals surface area (Å²) in [7, 11) is 0. The number of anilines is 1. The number of rotatable bonds is 5. The third-order valence-corrected chi connectivity index (χ3v) is 5.48. The molecule has 0 bridgehead atoms. The lowest BCUT2D eigenvalue weighted by Crippen LogP contribution is -2.42. The fourth-order valence-corrected chi connectivity index (χ4v) is 3.83. The number of amides is 4. The minimum atomic E-state index is -1.36. The van der Waals surface area contributed by atoms with E-state index in [0.717, 1.165) is 4.90 Å². The molecular formula is C18H14N8O3S. The molecule has 3 heterocycles. The lowest BCUT2D eigenvalue weighted by molar-refractivity contribution is -0.133. The van der Waals surface area contributed by atoms with E-state index in [9.17, 15) is 14.4 Å². The molecule has 0 unspecified atom stereocenters. The van der Waals surface area contributed by atoms with E-state index < -0.39 is 29.9 Å². The van der Waals surface area contributed by atoms with Crippen LogP contribution in [-0.2, 0) is 15.1 Å². The first-order valence-electron chi connectivity index (χ1n) is 8.68. The molecule has 1 aliphatic heterocycles. The predicted octanol–water partition coefficient (Wildman–Crippen LogP) is 1.00. The van der Waals surface area contributed by atoms with Gasteiger partial charge in [0.05, 0.1) is 11.3 Å². The number of nitrogens with zero attached hydrogens (tertiary/aromatic N) is 6. The van der Waals surface area contributed by atoms with Gasteiger partial charge in [-0.3, -0.25) is 14.5 Å². The Morgan fingerprint density at radius 1 is 1.37 bits per heavy atom. The van der Waals surface area contributed by atoms with Crippen LogP contribution < -0.4 is 10.6 Å². The molecule has 2 N–H and O–H groups in total. The van der Waals surface area contributed by atoms with E-state index in [1.165, 1.54) is 22.3 Å². The number of thiophene rings is 1. The van der Waals surface area contributed by atoms with Crippen molar-refractivity contribution >= 4 is 34.2 Å². The molecule has 12 heteroatoms. The van der Waals surface area contributed by atoms with Crippen molar-refractivity contribution in [3.63, 3.8) is 0 Å². The molecule has 0 saturated carbocycles. The summed E-state index contributed by atoms with van der Waals surface area (Å²) >= 11 is 1.18. The predicted molar refractivity (Wildman–Crippen MR) is 104 cm³/mol. The van der Waals surface area contributed by atoms with Crippen LogP contribution in [0, 0.1) is 11.3 Å². The first-order valence-corrected chi connectivity index (χ1v) is 9.56. The van der Waals surface area contributed by atoms with E-state index in [1.807, 2.05) is 6.07 Å². The molecule has 1 aromatic carbocycles. The maximum Gasteiger partial charge on any atom is 0.325 e. The molecule has 150 valence electrons. The average Bonchev–Trinajstić information content (AvgIpc) is 3.46. The summed E-state index contributed by atoms with van der Waals surface area (Å²) in [5.41, 5.74) is 0.0811. The summed E-state index contributed by atoms with van der Waals surface area (Å²) in [6.45, 7) is 1.09. The van der Waals surface area contributed by atoms with Gasteiger partial charge in [-0.15, -0.1) is 16.4 Å². The summed E-state index contributed by atoms with van der Waals surface area (Å²) in [4.78, 5) is 38.8. The number of nitrogens with one attached hydrogen (secondary N) is 2. The van der Waals surface area contributed by atoms with E-state index in [-0.39, 0.29) is 0 Å². The zero-order valence-electron chi connectivity index (χ0n) is 15.6. The number of carbonyl (C=O) groups is 3. The molecular weight excluding hydrogens is 408 g/mol. The zero-order chi connectivity index (χ0) is 21.3. The summed E-state index contributed by atoms with van der Waals surface area (Å²) in [6.07, 6.45) is 1.41. The summed E-state index contributed by atoms with van der Waals surface area (Å²) < 4.78 is 1.42. The maximum absolute atomic E-state index is 13.1. The minimum absolute atomic E-state index is 0.315. The van der Waals surface area contributed by atoms with Crippen LogP contribution in [-0.4, -0.2) is 49.5 Å². The monoisotopic (exact) mass is 422 g/mol. The van der Waals surface area contributed by atoms with Gasteiger partial charge in [0.2, 0.25) is 5.91 Å². The highest BCUT2D eigenvalue weighted by molar-refractivity contribution is 7.14. The van der Waals surface area contributed by atoms with Crippen molar-refractivity contribution < 1.29 is 14.4 Å². The topological polar surface area (TPSA) is 146 Å². The Balaban J connectivity index is 1.54. The molecule has 3 aromatic rings. The quantitative estimate of drug-likeness (QED) is 0.583. The number of carbonyl (C=O) groups excluding carboxylic acids is 3. The molecule has 0 radical (unpaired) electrons. The third kappa shape index (κ3) is 3.27. The number of tetrazole rings is 1. The van der Waals surface area contributed by atoms with Crippen molar-refractivity contribution in [3.8, 4) is 11.8 Å². The number of benzene rings is 1. The van der Waals surface area contributed by atoms with E-state index in [1.54, 1.807) is 42.6 Å². The van der Waals surface area contributed by atoms with Crippen molar-refractivity contribution in [1.29, 1.82) is 5.26 Å². The Bertz CT molecular complexity index is 1180. The summed E-state index contributed by atoms with van der Waals surface area (Å²) in [6, 6.07) is 9.70. The number of hydrogen-bond donors (Lipinski definition) is 2. The lowest BCUT2D eigenvalue weighted by Gasteiger charge is -2.22. The minimum Gasteiger partial charge on any atom is -0.319 e. The van der Waals surface area contributed by atoms with Gasteiger partial charge in [0.1, 0.15) is 29.5 Å². The van der Waals surface area contributed by atoms with Gasteiger partial charge in [0, 0.05) is 0 Å². The Morgan fingerprint density at radius 2 is 2.20 bits per heavy atom. The van der Waals surface area contributed by atoms with Crippen LogP contribution in [0.1, 0.15) is 18.1 Å². The van der Waals surface area contributed by atoms with Gasteiger partial charge in [0.15, 0.2) is 0 Å². The number of aromatic nitrogens is 4. The highest BCUT2D eigenvalue weighted by atomic mass is 32.1. The summed E-state index contributed by atoms with van der Waals surface area (Å²) in [5, 5.41) is 27.3. The van der Waals surface area contributed by atoms with Gasteiger partial charge in [-0.05, 0) is 46.5 Å².